The molecule has 0 atom stereocenters. The normalized spacial score (nSPS) is 10.1. The third-order valence-corrected chi connectivity index (χ3v) is 3.05. The van der Waals surface area contributed by atoms with Crippen molar-refractivity contribution in [1.82, 2.24) is 4.57 Å². The molecule has 0 unspecified atom stereocenters. The molecule has 0 fully saturated rings. The molecule has 108 valence electrons. The summed E-state index contributed by atoms with van der Waals surface area (Å²) in [5, 5.41) is 2.89. The van der Waals surface area contributed by atoms with Gasteiger partial charge in [0, 0.05) is 23.5 Å². The monoisotopic (exact) mass is 281 g/mol. The van der Waals surface area contributed by atoms with Gasteiger partial charge in [-0.05, 0) is 50.2 Å². The molecule has 0 aliphatic heterocycles. The molecule has 0 aliphatic rings. The Morgan fingerprint density at radius 2 is 2.00 bits per heavy atom. The molecule has 2 aromatic rings. The van der Waals surface area contributed by atoms with Gasteiger partial charge in [0.2, 0.25) is 0 Å². The van der Waals surface area contributed by atoms with Crippen molar-refractivity contribution < 1.29 is 4.79 Å². The maximum absolute atomic E-state index is 12.3. The summed E-state index contributed by atoms with van der Waals surface area (Å²) in [6, 6.07) is 11.3. The van der Waals surface area contributed by atoms with Crippen LogP contribution in [0.5, 0.6) is 0 Å². The minimum Gasteiger partial charge on any atom is -0.341 e. The van der Waals surface area contributed by atoms with Gasteiger partial charge < -0.3 is 15.6 Å². The Morgan fingerprint density at radius 3 is 2.62 bits per heavy atom. The molecular formula is C17H19N3O. The van der Waals surface area contributed by atoms with Crippen LogP contribution in [0.3, 0.4) is 0 Å². The van der Waals surface area contributed by atoms with E-state index in [1.165, 1.54) is 0 Å². The molecule has 0 radical (unpaired) electrons. The SMILES string of the molecule is CC(C)n1cccc1C(=O)Nc1ccc(C#CCN)cc1. The molecule has 1 aromatic heterocycles. The number of nitrogens with zero attached hydrogens (tertiary/aromatic N) is 1. The molecule has 4 nitrogen and oxygen atoms in total. The van der Waals surface area contributed by atoms with Crippen molar-refractivity contribution in [1.29, 1.82) is 0 Å². The zero-order valence-corrected chi connectivity index (χ0v) is 12.3. The van der Waals surface area contributed by atoms with Crippen molar-refractivity contribution in [3.05, 3.63) is 53.9 Å². The predicted octanol–water partition coefficient (Wildman–Crippen LogP) is 2.63. The van der Waals surface area contributed by atoms with Gasteiger partial charge in [0.05, 0.1) is 6.54 Å². The van der Waals surface area contributed by atoms with Gasteiger partial charge in [-0.1, -0.05) is 11.8 Å². The second kappa shape index (κ2) is 6.78. The van der Waals surface area contributed by atoms with Crippen LogP contribution in [0.25, 0.3) is 0 Å². The van der Waals surface area contributed by atoms with E-state index in [1.54, 1.807) is 0 Å². The van der Waals surface area contributed by atoms with Crippen molar-refractivity contribution in [2.75, 3.05) is 11.9 Å². The van der Waals surface area contributed by atoms with E-state index in [0.717, 1.165) is 11.3 Å². The molecule has 1 amide bonds. The van der Waals surface area contributed by atoms with E-state index in [9.17, 15) is 4.79 Å². The fraction of sp³-hybridized carbons (Fsp3) is 0.235. The van der Waals surface area contributed by atoms with Crippen LogP contribution in [0.15, 0.2) is 42.6 Å². The van der Waals surface area contributed by atoms with Gasteiger partial charge in [-0.3, -0.25) is 4.79 Å². The lowest BCUT2D eigenvalue weighted by atomic mass is 10.2. The average Bonchev–Trinajstić information content (AvgIpc) is 2.96. The lowest BCUT2D eigenvalue weighted by Crippen LogP contribution is -2.17. The maximum atomic E-state index is 12.3. The van der Waals surface area contributed by atoms with Gasteiger partial charge in [-0.25, -0.2) is 0 Å². The Morgan fingerprint density at radius 1 is 1.29 bits per heavy atom. The number of nitrogens with one attached hydrogen (secondary N) is 1. The van der Waals surface area contributed by atoms with Gasteiger partial charge in [0.25, 0.3) is 5.91 Å². The Hall–Kier alpha value is -2.51. The number of carbonyl (C=O) groups excluding carboxylic acids is 1. The van der Waals surface area contributed by atoms with Crippen molar-refractivity contribution >= 4 is 11.6 Å². The smallest absolute Gasteiger partial charge is 0.272 e. The average molecular weight is 281 g/mol. The van der Waals surface area contributed by atoms with Crippen molar-refractivity contribution in [3.63, 3.8) is 0 Å². The summed E-state index contributed by atoms with van der Waals surface area (Å²) >= 11 is 0. The van der Waals surface area contributed by atoms with E-state index in [4.69, 9.17) is 5.73 Å². The van der Waals surface area contributed by atoms with Gasteiger partial charge in [-0.2, -0.15) is 0 Å². The summed E-state index contributed by atoms with van der Waals surface area (Å²) in [5.41, 5.74) is 7.61. The number of rotatable bonds is 3. The standard InChI is InChI=1S/C17H19N3O/c1-13(2)20-12-4-6-16(20)17(21)19-15-9-7-14(8-10-15)5-3-11-18/h4,6-10,12-13H,11,18H2,1-2H3,(H,19,21). The number of anilines is 1. The largest absolute Gasteiger partial charge is 0.341 e. The number of hydrogen-bond donors (Lipinski definition) is 2. The third-order valence-electron chi connectivity index (χ3n) is 3.05. The highest BCUT2D eigenvalue weighted by molar-refractivity contribution is 6.03. The highest BCUT2D eigenvalue weighted by Crippen LogP contribution is 2.14. The Labute approximate surface area is 125 Å². The Kier molecular flexibility index (Phi) is 4.81. The summed E-state index contributed by atoms with van der Waals surface area (Å²) in [6.07, 6.45) is 1.91. The van der Waals surface area contributed by atoms with Crippen LogP contribution in [0.2, 0.25) is 0 Å². The summed E-state index contributed by atoms with van der Waals surface area (Å²) in [4.78, 5) is 12.3. The molecule has 4 heteroatoms. The second-order valence-corrected chi connectivity index (χ2v) is 4.93. The molecule has 0 bridgehead atoms. The van der Waals surface area contributed by atoms with Crippen LogP contribution in [-0.2, 0) is 0 Å². The fourth-order valence-electron chi connectivity index (χ4n) is 2.02. The zero-order valence-electron chi connectivity index (χ0n) is 12.3. The van der Waals surface area contributed by atoms with E-state index in [1.807, 2.05) is 61.0 Å². The predicted molar refractivity (Wildman–Crippen MR) is 85.1 cm³/mol. The summed E-state index contributed by atoms with van der Waals surface area (Å²) in [7, 11) is 0. The second-order valence-electron chi connectivity index (χ2n) is 4.93. The molecule has 2 rings (SSSR count). The molecule has 0 spiro atoms. The molecule has 1 aromatic carbocycles. The first kappa shape index (κ1) is 14.9. The van der Waals surface area contributed by atoms with Gasteiger partial charge in [0.1, 0.15) is 5.69 Å². The fourth-order valence-corrected chi connectivity index (χ4v) is 2.02. The summed E-state index contributed by atoms with van der Waals surface area (Å²) in [6.45, 7) is 4.42. The number of aromatic nitrogens is 1. The van der Waals surface area contributed by atoms with Gasteiger partial charge in [0.15, 0.2) is 0 Å². The maximum Gasteiger partial charge on any atom is 0.272 e. The number of carbonyl (C=O) groups is 1. The molecule has 0 saturated heterocycles. The Bertz CT molecular complexity index is 672. The van der Waals surface area contributed by atoms with Crippen LogP contribution < -0.4 is 11.1 Å². The lowest BCUT2D eigenvalue weighted by molar-refractivity contribution is 0.101. The first-order valence-electron chi connectivity index (χ1n) is 6.89. The van der Waals surface area contributed by atoms with Crippen molar-refractivity contribution in [3.8, 4) is 11.8 Å². The molecule has 21 heavy (non-hydrogen) atoms. The minimum absolute atomic E-state index is 0.116. The molecule has 0 aliphatic carbocycles. The molecule has 3 N–H and O–H groups in total. The van der Waals surface area contributed by atoms with Crippen LogP contribution >= 0.6 is 0 Å². The minimum atomic E-state index is -0.116. The summed E-state index contributed by atoms with van der Waals surface area (Å²) in [5.74, 6) is 5.62. The number of amides is 1. The van der Waals surface area contributed by atoms with Crippen LogP contribution in [-0.4, -0.2) is 17.0 Å². The number of hydrogen-bond acceptors (Lipinski definition) is 2. The third kappa shape index (κ3) is 3.74. The first-order valence-corrected chi connectivity index (χ1v) is 6.89. The van der Waals surface area contributed by atoms with Crippen molar-refractivity contribution in [2.24, 2.45) is 5.73 Å². The lowest BCUT2D eigenvalue weighted by Gasteiger charge is -2.12. The van der Waals surface area contributed by atoms with Gasteiger partial charge >= 0.3 is 0 Å². The van der Waals surface area contributed by atoms with E-state index in [0.29, 0.717) is 12.2 Å². The molecule has 1 heterocycles. The Balaban J connectivity index is 2.11. The summed E-state index contributed by atoms with van der Waals surface area (Å²) < 4.78 is 1.94. The molecular weight excluding hydrogens is 262 g/mol. The first-order chi connectivity index (χ1) is 10.1. The number of benzene rings is 1. The van der Waals surface area contributed by atoms with E-state index in [-0.39, 0.29) is 11.9 Å². The van der Waals surface area contributed by atoms with Crippen LogP contribution in [0.1, 0.15) is 35.9 Å². The van der Waals surface area contributed by atoms with Crippen LogP contribution in [0.4, 0.5) is 5.69 Å². The molecule has 0 saturated carbocycles. The highest BCUT2D eigenvalue weighted by Gasteiger charge is 2.12. The number of nitrogens with two attached hydrogens (primary N) is 1. The topological polar surface area (TPSA) is 60.0 Å². The highest BCUT2D eigenvalue weighted by atomic mass is 16.1. The zero-order chi connectivity index (χ0) is 15.2. The van der Waals surface area contributed by atoms with Crippen molar-refractivity contribution in [2.45, 2.75) is 19.9 Å². The van der Waals surface area contributed by atoms with E-state index in [2.05, 4.69) is 17.2 Å². The van der Waals surface area contributed by atoms with E-state index >= 15 is 0 Å². The quantitative estimate of drug-likeness (QED) is 0.850. The van der Waals surface area contributed by atoms with E-state index < -0.39 is 0 Å². The van der Waals surface area contributed by atoms with Crippen LogP contribution in [0, 0.1) is 11.8 Å². The van der Waals surface area contributed by atoms with Gasteiger partial charge in [-0.15, -0.1) is 0 Å².